The van der Waals surface area contributed by atoms with E-state index >= 15 is 0 Å². The Morgan fingerprint density at radius 3 is 1.25 bits per heavy atom. The van der Waals surface area contributed by atoms with Crippen LogP contribution in [0.25, 0.3) is 0 Å². The van der Waals surface area contributed by atoms with Gasteiger partial charge >= 0.3 is 11.9 Å². The predicted molar refractivity (Wildman–Crippen MR) is 154 cm³/mol. The second kappa shape index (κ2) is 13.3. The van der Waals surface area contributed by atoms with E-state index in [1.807, 2.05) is 0 Å². The molecule has 0 atom stereocenters. The van der Waals surface area contributed by atoms with E-state index in [9.17, 15) is 19.2 Å². The van der Waals surface area contributed by atoms with Crippen LogP contribution in [-0.2, 0) is 31.9 Å². The van der Waals surface area contributed by atoms with Crippen LogP contribution in [-0.4, -0.2) is 36.0 Å². The van der Waals surface area contributed by atoms with Crippen LogP contribution in [0.2, 0.25) is 0 Å². The minimum absolute atomic E-state index is 0.0672. The molecule has 0 spiro atoms. The molecular formula is C30H34N4O6. The Morgan fingerprint density at radius 2 is 0.950 bits per heavy atom. The molecule has 0 bridgehead atoms. The number of hydrogen-bond donors (Lipinski definition) is 4. The summed E-state index contributed by atoms with van der Waals surface area (Å²) < 4.78 is 10.8. The van der Waals surface area contributed by atoms with Gasteiger partial charge in [0.2, 0.25) is 11.8 Å². The zero-order valence-electron chi connectivity index (χ0n) is 22.9. The van der Waals surface area contributed by atoms with Crippen molar-refractivity contribution in [3.05, 3.63) is 82.9 Å². The monoisotopic (exact) mass is 546 g/mol. The molecule has 6 N–H and O–H groups in total. The highest BCUT2D eigenvalue weighted by Crippen LogP contribution is 2.23. The average molecular weight is 547 g/mol. The van der Waals surface area contributed by atoms with Crippen LogP contribution in [0.15, 0.2) is 60.7 Å². The summed E-state index contributed by atoms with van der Waals surface area (Å²) in [6.45, 7) is 6.78. The van der Waals surface area contributed by atoms with Crippen molar-refractivity contribution in [2.45, 2.75) is 52.7 Å². The third-order valence-corrected chi connectivity index (χ3v) is 5.55. The topological polar surface area (TPSA) is 163 Å². The first-order valence-electron chi connectivity index (χ1n) is 12.8. The van der Waals surface area contributed by atoms with Gasteiger partial charge in [-0.25, -0.2) is 9.59 Å². The Bertz CT molecular complexity index is 1280. The molecule has 0 aliphatic rings. The van der Waals surface area contributed by atoms with E-state index in [4.69, 9.17) is 20.9 Å². The largest absolute Gasteiger partial charge is 0.459 e. The van der Waals surface area contributed by atoms with Crippen molar-refractivity contribution >= 4 is 46.5 Å². The number of rotatable bonds is 10. The van der Waals surface area contributed by atoms with E-state index in [1.165, 1.54) is 12.1 Å². The van der Waals surface area contributed by atoms with Crippen molar-refractivity contribution in [2.75, 3.05) is 22.1 Å². The van der Waals surface area contributed by atoms with Gasteiger partial charge in [0.1, 0.15) is 0 Å². The molecule has 0 heterocycles. The van der Waals surface area contributed by atoms with Crippen molar-refractivity contribution in [1.82, 2.24) is 0 Å². The highest BCUT2D eigenvalue weighted by molar-refractivity contribution is 6.01. The Hall–Kier alpha value is -4.86. The van der Waals surface area contributed by atoms with E-state index < -0.39 is 36.0 Å². The number of ether oxygens (including phenoxy) is 2. The maximum Gasteiger partial charge on any atom is 0.338 e. The second-order valence-electron chi connectivity index (χ2n) is 9.77. The van der Waals surface area contributed by atoms with Crippen molar-refractivity contribution in [2.24, 2.45) is 0 Å². The van der Waals surface area contributed by atoms with E-state index in [2.05, 4.69) is 10.6 Å². The number of benzene rings is 3. The summed E-state index contributed by atoms with van der Waals surface area (Å²) in [5.74, 6) is -2.23. The number of nitrogen functional groups attached to an aromatic ring is 2. The Kier molecular flexibility index (Phi) is 9.86. The van der Waals surface area contributed by atoms with Crippen LogP contribution in [0.3, 0.4) is 0 Å². The second-order valence-corrected chi connectivity index (χ2v) is 9.77. The van der Waals surface area contributed by atoms with Crippen LogP contribution in [0.1, 0.15) is 59.5 Å². The summed E-state index contributed by atoms with van der Waals surface area (Å²) >= 11 is 0. The summed E-state index contributed by atoms with van der Waals surface area (Å²) in [7, 11) is 0. The van der Waals surface area contributed by atoms with Gasteiger partial charge in [0.25, 0.3) is 0 Å². The fraction of sp³-hybridized carbons (Fsp3) is 0.267. The van der Waals surface area contributed by atoms with Gasteiger partial charge in [-0.2, -0.15) is 0 Å². The van der Waals surface area contributed by atoms with Gasteiger partial charge in [0.15, 0.2) is 0 Å². The first kappa shape index (κ1) is 29.7. The highest BCUT2D eigenvalue weighted by Gasteiger charge is 2.25. The van der Waals surface area contributed by atoms with Gasteiger partial charge in [-0.15, -0.1) is 0 Å². The number of hydrogen-bond acceptors (Lipinski definition) is 8. The molecule has 2 amide bonds. The van der Waals surface area contributed by atoms with Gasteiger partial charge in [0.05, 0.1) is 36.2 Å². The van der Waals surface area contributed by atoms with E-state index in [0.29, 0.717) is 22.7 Å². The minimum Gasteiger partial charge on any atom is -0.459 e. The van der Waals surface area contributed by atoms with E-state index in [-0.39, 0.29) is 35.1 Å². The van der Waals surface area contributed by atoms with E-state index in [0.717, 1.165) is 0 Å². The molecule has 3 aromatic rings. The smallest absolute Gasteiger partial charge is 0.338 e. The number of amides is 2. The number of esters is 2. The Morgan fingerprint density at radius 1 is 0.625 bits per heavy atom. The fourth-order valence-corrected chi connectivity index (χ4v) is 3.81. The van der Waals surface area contributed by atoms with Gasteiger partial charge in [-0.3, -0.25) is 9.59 Å². The van der Waals surface area contributed by atoms with Crippen molar-refractivity contribution < 1.29 is 28.7 Å². The molecule has 210 valence electrons. The zero-order valence-corrected chi connectivity index (χ0v) is 22.9. The van der Waals surface area contributed by atoms with Crippen molar-refractivity contribution in [3.63, 3.8) is 0 Å². The summed E-state index contributed by atoms with van der Waals surface area (Å²) in [6, 6.07) is 16.0. The molecule has 40 heavy (non-hydrogen) atoms. The SMILES string of the molecule is CC(C)OC(=O)c1cc(CC(=O)Nc2ccc(N)cc2)c(C(=O)OC(C)C)cc1CC(=O)Nc1ccc(N)cc1. The lowest BCUT2D eigenvalue weighted by molar-refractivity contribution is -0.116. The molecule has 0 radical (unpaired) electrons. The normalized spacial score (nSPS) is 10.8. The molecule has 0 aliphatic heterocycles. The number of carbonyl (C=O) groups excluding carboxylic acids is 4. The maximum absolute atomic E-state index is 13.1. The molecule has 10 heteroatoms. The number of nitrogens with one attached hydrogen (secondary N) is 2. The van der Waals surface area contributed by atoms with E-state index in [1.54, 1.807) is 76.2 Å². The lowest BCUT2D eigenvalue weighted by atomic mass is 9.94. The molecule has 3 rings (SSSR count). The van der Waals surface area contributed by atoms with Gasteiger partial charge < -0.3 is 31.6 Å². The third kappa shape index (κ3) is 8.59. The number of nitrogens with two attached hydrogens (primary N) is 2. The summed E-state index contributed by atoms with van der Waals surface area (Å²) in [6.07, 6.45) is -1.36. The summed E-state index contributed by atoms with van der Waals surface area (Å²) in [4.78, 5) is 52.0. The van der Waals surface area contributed by atoms with Crippen LogP contribution in [0.4, 0.5) is 22.7 Å². The quantitative estimate of drug-likeness (QED) is 0.215. The molecule has 0 saturated carbocycles. The van der Waals surface area contributed by atoms with Gasteiger partial charge in [-0.05, 0) is 99.5 Å². The fourth-order valence-electron chi connectivity index (χ4n) is 3.81. The average Bonchev–Trinajstić information content (AvgIpc) is 2.86. The number of carbonyl (C=O) groups is 4. The summed E-state index contributed by atoms with van der Waals surface area (Å²) in [5.41, 5.74) is 14.2. The predicted octanol–water partition coefficient (Wildman–Crippen LogP) is 4.34. The van der Waals surface area contributed by atoms with Crippen LogP contribution < -0.4 is 22.1 Å². The first-order chi connectivity index (χ1) is 18.9. The third-order valence-electron chi connectivity index (χ3n) is 5.55. The van der Waals surface area contributed by atoms with Gasteiger partial charge in [0, 0.05) is 22.7 Å². The molecular weight excluding hydrogens is 512 g/mol. The molecule has 10 nitrogen and oxygen atoms in total. The Labute approximate surface area is 233 Å². The lowest BCUT2D eigenvalue weighted by Gasteiger charge is -2.18. The standard InChI is InChI=1S/C30H34N4O6/c1-17(2)39-29(37)25-13-20(16-28(36)34-24-11-7-22(32)8-12-24)26(30(38)40-18(3)4)14-19(25)15-27(35)33-23-9-5-21(31)6-10-23/h5-14,17-18H,15-16,31-32H2,1-4H3,(H,33,35)(H,34,36). The molecule has 0 unspecified atom stereocenters. The zero-order chi connectivity index (χ0) is 29.4. The first-order valence-corrected chi connectivity index (χ1v) is 12.8. The van der Waals surface area contributed by atoms with Crippen LogP contribution in [0, 0.1) is 0 Å². The number of anilines is 4. The molecule has 0 aliphatic carbocycles. The van der Waals surface area contributed by atoms with Gasteiger partial charge in [-0.1, -0.05) is 0 Å². The van der Waals surface area contributed by atoms with Crippen LogP contribution >= 0.6 is 0 Å². The maximum atomic E-state index is 13.1. The Balaban J connectivity index is 1.99. The van der Waals surface area contributed by atoms with Crippen molar-refractivity contribution in [1.29, 1.82) is 0 Å². The molecule has 0 saturated heterocycles. The minimum atomic E-state index is -0.686. The molecule has 3 aromatic carbocycles. The van der Waals surface area contributed by atoms with Crippen LogP contribution in [0.5, 0.6) is 0 Å². The molecule has 0 aromatic heterocycles. The lowest BCUT2D eigenvalue weighted by Crippen LogP contribution is -2.23. The van der Waals surface area contributed by atoms with Crippen molar-refractivity contribution in [3.8, 4) is 0 Å². The molecule has 0 fully saturated rings. The highest BCUT2D eigenvalue weighted by atomic mass is 16.5. The summed E-state index contributed by atoms with van der Waals surface area (Å²) in [5, 5.41) is 5.50.